The smallest absolute Gasteiger partial charge is 0.244 e. The van der Waals surface area contributed by atoms with Gasteiger partial charge in [-0.25, -0.2) is 8.42 Å². The first kappa shape index (κ1) is 14.3. The van der Waals surface area contributed by atoms with E-state index in [4.69, 9.17) is 4.74 Å². The van der Waals surface area contributed by atoms with E-state index in [1.165, 1.54) is 6.26 Å². The molecule has 0 aromatic heterocycles. The lowest BCUT2D eigenvalue weighted by Gasteiger charge is -2.49. The zero-order chi connectivity index (χ0) is 14.4. The Kier molecular flexibility index (Phi) is 3.57. The first-order valence-corrected chi connectivity index (χ1v) is 9.47. The standard InChI is InChI=1S/C14H23NO4S/c1-20(17,18)14(7-4-8-14)13(16)15-9-10-19-12-6-3-2-5-11(12)15/h11-12H,2-10H2,1H3/t11-,12+/m0/s1. The topological polar surface area (TPSA) is 63.7 Å². The summed E-state index contributed by atoms with van der Waals surface area (Å²) < 4.78 is 28.8. The highest BCUT2D eigenvalue weighted by atomic mass is 32.2. The van der Waals surface area contributed by atoms with Crippen LogP contribution in [0.5, 0.6) is 0 Å². The molecular formula is C14H23NO4S. The van der Waals surface area contributed by atoms with Gasteiger partial charge in [0.25, 0.3) is 0 Å². The highest BCUT2D eigenvalue weighted by Gasteiger charge is 2.56. The molecule has 2 aliphatic carbocycles. The summed E-state index contributed by atoms with van der Waals surface area (Å²) in [7, 11) is -3.35. The summed E-state index contributed by atoms with van der Waals surface area (Å²) in [5.74, 6) is -0.161. The molecule has 3 fully saturated rings. The van der Waals surface area contributed by atoms with Gasteiger partial charge in [-0.15, -0.1) is 0 Å². The zero-order valence-electron chi connectivity index (χ0n) is 12.0. The minimum Gasteiger partial charge on any atom is -0.374 e. The SMILES string of the molecule is CS(=O)(=O)C1(C(=O)N2CCO[C@@H]3CCCC[C@@H]32)CCC1. The number of nitrogens with zero attached hydrogens (tertiary/aromatic N) is 1. The fourth-order valence-corrected chi connectivity index (χ4v) is 5.32. The lowest BCUT2D eigenvalue weighted by molar-refractivity contribution is -0.154. The van der Waals surface area contributed by atoms with E-state index < -0.39 is 14.6 Å². The number of fused-ring (bicyclic) bond motifs is 1. The van der Waals surface area contributed by atoms with Gasteiger partial charge in [0.2, 0.25) is 5.91 Å². The van der Waals surface area contributed by atoms with Gasteiger partial charge in [0.15, 0.2) is 14.6 Å². The predicted molar refractivity (Wildman–Crippen MR) is 75.1 cm³/mol. The fourth-order valence-electron chi connectivity index (χ4n) is 3.85. The molecule has 1 heterocycles. The highest BCUT2D eigenvalue weighted by molar-refractivity contribution is 7.93. The second kappa shape index (κ2) is 4.98. The van der Waals surface area contributed by atoms with Crippen molar-refractivity contribution in [2.45, 2.75) is 61.8 Å². The van der Waals surface area contributed by atoms with Crippen molar-refractivity contribution in [3.63, 3.8) is 0 Å². The van der Waals surface area contributed by atoms with Crippen molar-refractivity contribution in [1.82, 2.24) is 4.90 Å². The van der Waals surface area contributed by atoms with Crippen molar-refractivity contribution in [1.29, 1.82) is 0 Å². The van der Waals surface area contributed by atoms with Gasteiger partial charge in [0.1, 0.15) is 0 Å². The summed E-state index contributed by atoms with van der Waals surface area (Å²) in [6.07, 6.45) is 7.29. The fraction of sp³-hybridized carbons (Fsp3) is 0.929. The molecule has 6 heteroatoms. The average Bonchev–Trinajstić information content (AvgIpc) is 2.34. The molecule has 1 amide bonds. The van der Waals surface area contributed by atoms with E-state index in [-0.39, 0.29) is 18.1 Å². The second-order valence-electron chi connectivity index (χ2n) is 6.38. The van der Waals surface area contributed by atoms with Gasteiger partial charge in [0, 0.05) is 12.8 Å². The van der Waals surface area contributed by atoms with Gasteiger partial charge >= 0.3 is 0 Å². The van der Waals surface area contributed by atoms with Crippen molar-refractivity contribution in [2.75, 3.05) is 19.4 Å². The Morgan fingerprint density at radius 3 is 2.50 bits per heavy atom. The van der Waals surface area contributed by atoms with E-state index in [9.17, 15) is 13.2 Å². The maximum atomic E-state index is 12.9. The Bertz CT molecular complexity index is 495. The van der Waals surface area contributed by atoms with Gasteiger partial charge in [-0.3, -0.25) is 4.79 Å². The van der Waals surface area contributed by atoms with E-state index in [1.54, 1.807) is 0 Å². The van der Waals surface area contributed by atoms with Crippen LogP contribution in [0.4, 0.5) is 0 Å². The van der Waals surface area contributed by atoms with Crippen molar-refractivity contribution in [3.8, 4) is 0 Å². The lowest BCUT2D eigenvalue weighted by atomic mass is 9.81. The largest absolute Gasteiger partial charge is 0.374 e. The van der Waals surface area contributed by atoms with Crippen LogP contribution in [0.3, 0.4) is 0 Å². The zero-order valence-corrected chi connectivity index (χ0v) is 12.8. The molecule has 3 aliphatic rings. The number of carbonyl (C=O) groups is 1. The molecule has 0 aromatic rings. The summed E-state index contributed by atoms with van der Waals surface area (Å²) >= 11 is 0. The van der Waals surface area contributed by atoms with E-state index in [0.717, 1.165) is 32.1 Å². The molecule has 2 atom stereocenters. The van der Waals surface area contributed by atoms with Crippen LogP contribution < -0.4 is 0 Å². The molecule has 2 saturated carbocycles. The lowest BCUT2D eigenvalue weighted by Crippen LogP contribution is -2.64. The van der Waals surface area contributed by atoms with Gasteiger partial charge < -0.3 is 9.64 Å². The Hall–Kier alpha value is -0.620. The van der Waals surface area contributed by atoms with Gasteiger partial charge in [0.05, 0.1) is 18.8 Å². The first-order chi connectivity index (χ1) is 9.46. The third-order valence-corrected chi connectivity index (χ3v) is 7.26. The van der Waals surface area contributed by atoms with Crippen LogP contribution in [0.15, 0.2) is 0 Å². The molecule has 0 aromatic carbocycles. The quantitative estimate of drug-likeness (QED) is 0.767. The number of hydrogen-bond acceptors (Lipinski definition) is 4. The molecule has 0 bridgehead atoms. The highest BCUT2D eigenvalue weighted by Crippen LogP contribution is 2.42. The molecule has 114 valence electrons. The Morgan fingerprint density at radius 2 is 1.90 bits per heavy atom. The van der Waals surface area contributed by atoms with Crippen molar-refractivity contribution < 1.29 is 17.9 Å². The maximum Gasteiger partial charge on any atom is 0.244 e. The Labute approximate surface area is 120 Å². The van der Waals surface area contributed by atoms with Crippen molar-refractivity contribution in [3.05, 3.63) is 0 Å². The monoisotopic (exact) mass is 301 g/mol. The van der Waals surface area contributed by atoms with Crippen LogP contribution in [-0.2, 0) is 19.4 Å². The van der Waals surface area contributed by atoms with Gasteiger partial charge in [-0.05, 0) is 32.1 Å². The van der Waals surface area contributed by atoms with E-state index in [0.29, 0.717) is 26.0 Å². The molecule has 3 rings (SSSR count). The van der Waals surface area contributed by atoms with Crippen LogP contribution in [-0.4, -0.2) is 55.5 Å². The molecule has 0 unspecified atom stereocenters. The number of hydrogen-bond donors (Lipinski definition) is 0. The first-order valence-electron chi connectivity index (χ1n) is 7.58. The second-order valence-corrected chi connectivity index (χ2v) is 8.71. The van der Waals surface area contributed by atoms with E-state index >= 15 is 0 Å². The number of rotatable bonds is 2. The molecule has 1 aliphatic heterocycles. The molecule has 0 N–H and O–H groups in total. The van der Waals surface area contributed by atoms with Crippen LogP contribution in [0.2, 0.25) is 0 Å². The van der Waals surface area contributed by atoms with Gasteiger partial charge in [-0.1, -0.05) is 12.8 Å². The minimum atomic E-state index is -3.35. The summed E-state index contributed by atoms with van der Waals surface area (Å²) in [4.78, 5) is 14.7. The van der Waals surface area contributed by atoms with Crippen molar-refractivity contribution in [2.24, 2.45) is 0 Å². The van der Waals surface area contributed by atoms with Crippen molar-refractivity contribution >= 4 is 15.7 Å². The molecule has 0 radical (unpaired) electrons. The number of morpholine rings is 1. The minimum absolute atomic E-state index is 0.0872. The molecule has 1 saturated heterocycles. The number of carbonyl (C=O) groups excluding carboxylic acids is 1. The number of sulfone groups is 1. The van der Waals surface area contributed by atoms with E-state index in [1.807, 2.05) is 4.90 Å². The third kappa shape index (κ3) is 2.08. The molecule has 20 heavy (non-hydrogen) atoms. The predicted octanol–water partition coefficient (Wildman–Crippen LogP) is 1.12. The normalized spacial score (nSPS) is 33.1. The van der Waals surface area contributed by atoms with Crippen LogP contribution >= 0.6 is 0 Å². The summed E-state index contributed by atoms with van der Waals surface area (Å²) in [6.45, 7) is 1.07. The third-order valence-electron chi connectivity index (χ3n) is 5.25. The summed E-state index contributed by atoms with van der Waals surface area (Å²) in [5.41, 5.74) is 0. The van der Waals surface area contributed by atoms with Gasteiger partial charge in [-0.2, -0.15) is 0 Å². The maximum absolute atomic E-state index is 12.9. The Morgan fingerprint density at radius 1 is 1.20 bits per heavy atom. The van der Waals surface area contributed by atoms with Crippen LogP contribution in [0.1, 0.15) is 44.9 Å². The van der Waals surface area contributed by atoms with Crippen LogP contribution in [0, 0.1) is 0 Å². The Balaban J connectivity index is 1.85. The number of amides is 1. The molecular weight excluding hydrogens is 278 g/mol. The molecule has 0 spiro atoms. The summed E-state index contributed by atoms with van der Waals surface area (Å²) in [5, 5.41) is 0. The van der Waals surface area contributed by atoms with E-state index in [2.05, 4.69) is 0 Å². The molecule has 5 nitrogen and oxygen atoms in total. The van der Waals surface area contributed by atoms with Crippen LogP contribution in [0.25, 0.3) is 0 Å². The summed E-state index contributed by atoms with van der Waals surface area (Å²) in [6, 6.07) is 0.0872. The number of ether oxygens (including phenoxy) is 1. The average molecular weight is 301 g/mol.